The smallest absolute Gasteiger partial charge is 0.301 e. The second-order valence-electron chi connectivity index (χ2n) is 6.65. The van der Waals surface area contributed by atoms with Crippen LogP contribution in [-0.4, -0.2) is 52.8 Å². The molecule has 0 spiro atoms. The van der Waals surface area contributed by atoms with Gasteiger partial charge < -0.3 is 14.7 Å². The number of hydrogen-bond donors (Lipinski definition) is 1. The minimum atomic E-state index is -3.19. The molecule has 0 radical (unpaired) electrons. The molecule has 1 heterocycles. The van der Waals surface area contributed by atoms with Crippen LogP contribution in [0, 0.1) is 0 Å². The molecule has 7 heteroatoms. The van der Waals surface area contributed by atoms with Crippen molar-refractivity contribution in [1.29, 1.82) is 0 Å². The van der Waals surface area contributed by atoms with Crippen LogP contribution in [-0.2, 0) is 9.53 Å². The number of aliphatic hydroxyl groups excluding tert-OH is 1. The highest BCUT2D eigenvalue weighted by atomic mass is 19.3. The monoisotopic (exact) mass is 370 g/mol. The van der Waals surface area contributed by atoms with E-state index in [1.54, 1.807) is 26.0 Å². The Kier molecular flexibility index (Phi) is 7.68. The van der Waals surface area contributed by atoms with Crippen LogP contribution in [0.4, 0.5) is 8.78 Å². The Morgan fingerprint density at radius 1 is 1.35 bits per heavy atom. The van der Waals surface area contributed by atoms with Gasteiger partial charge in [0, 0.05) is 24.4 Å². The Labute approximate surface area is 153 Å². The Morgan fingerprint density at radius 2 is 1.96 bits per heavy atom. The lowest BCUT2D eigenvalue weighted by atomic mass is 10.0. The van der Waals surface area contributed by atoms with Gasteiger partial charge in [-0.3, -0.25) is 9.79 Å². The van der Waals surface area contributed by atoms with E-state index < -0.39 is 30.6 Å². The second kappa shape index (κ2) is 9.07. The van der Waals surface area contributed by atoms with Gasteiger partial charge in [0.1, 0.15) is 6.10 Å². The molecule has 1 aliphatic heterocycles. The minimum absolute atomic E-state index is 0.00448. The van der Waals surface area contributed by atoms with Gasteiger partial charge in [-0.15, -0.1) is 0 Å². The van der Waals surface area contributed by atoms with Gasteiger partial charge in [0.25, 0.3) is 5.91 Å². The summed E-state index contributed by atoms with van der Waals surface area (Å²) in [4.78, 5) is 16.9. The Balaban J connectivity index is 2.77. The highest BCUT2D eigenvalue weighted by Gasteiger charge is 2.47. The standard InChI is InChI=1S/C19H28F2N2O3/c1-12(2)22-15(5)13(3)7-8-14(4)26-17-9-10-23(11-19(17,20)21)18(25)16(6)24/h7-8,16-17,24H,1,9-11H2,2-6H3/b13-7+,14-8+,22-15?. The first-order valence-corrected chi connectivity index (χ1v) is 8.51. The molecule has 2 atom stereocenters. The molecule has 1 fully saturated rings. The number of halogens is 2. The molecule has 26 heavy (non-hydrogen) atoms. The molecule has 1 N–H and O–H groups in total. The van der Waals surface area contributed by atoms with E-state index in [4.69, 9.17) is 4.74 Å². The molecule has 0 aromatic carbocycles. The minimum Gasteiger partial charge on any atom is -0.489 e. The highest BCUT2D eigenvalue weighted by Crippen LogP contribution is 2.31. The maximum absolute atomic E-state index is 14.3. The fourth-order valence-electron chi connectivity index (χ4n) is 2.52. The number of ether oxygens (including phenoxy) is 1. The first-order valence-electron chi connectivity index (χ1n) is 8.51. The molecule has 5 nitrogen and oxygen atoms in total. The first kappa shape index (κ1) is 22.0. The number of aliphatic hydroxyl groups is 1. The molecule has 0 aliphatic carbocycles. The van der Waals surface area contributed by atoms with Crippen molar-refractivity contribution in [3.63, 3.8) is 0 Å². The Morgan fingerprint density at radius 3 is 2.46 bits per heavy atom. The van der Waals surface area contributed by atoms with Gasteiger partial charge in [-0.1, -0.05) is 12.7 Å². The number of likely N-dealkylation sites (tertiary alicyclic amines) is 1. The van der Waals surface area contributed by atoms with E-state index in [2.05, 4.69) is 11.6 Å². The number of carbonyl (C=O) groups excluding carboxylic acids is 1. The summed E-state index contributed by atoms with van der Waals surface area (Å²) in [5.41, 5.74) is 2.35. The lowest BCUT2D eigenvalue weighted by molar-refractivity contribution is -0.174. The number of alkyl halides is 2. The Bertz CT molecular complexity index is 637. The van der Waals surface area contributed by atoms with Gasteiger partial charge in [0.15, 0.2) is 6.10 Å². The highest BCUT2D eigenvalue weighted by molar-refractivity contribution is 5.98. The van der Waals surface area contributed by atoms with E-state index in [0.717, 1.165) is 16.2 Å². The number of amides is 1. The molecular weight excluding hydrogens is 342 g/mol. The van der Waals surface area contributed by atoms with Gasteiger partial charge in [0.2, 0.25) is 0 Å². The summed E-state index contributed by atoms with van der Waals surface area (Å²) in [6.07, 6.45) is 0.769. The largest absolute Gasteiger partial charge is 0.489 e. The normalized spacial score (nSPS) is 22.8. The summed E-state index contributed by atoms with van der Waals surface area (Å²) < 4.78 is 34.0. The third-order valence-electron chi connectivity index (χ3n) is 4.03. The molecule has 0 aromatic heterocycles. The topological polar surface area (TPSA) is 62.1 Å². The van der Waals surface area contributed by atoms with Crippen molar-refractivity contribution in [3.8, 4) is 0 Å². The summed E-state index contributed by atoms with van der Waals surface area (Å²) in [5, 5.41) is 9.28. The third-order valence-corrected chi connectivity index (χ3v) is 4.03. The zero-order valence-electron chi connectivity index (χ0n) is 16.1. The second-order valence-corrected chi connectivity index (χ2v) is 6.65. The number of hydrogen-bond acceptors (Lipinski definition) is 4. The zero-order valence-corrected chi connectivity index (χ0v) is 16.1. The summed E-state index contributed by atoms with van der Waals surface area (Å²) in [5.74, 6) is -3.53. The molecule has 1 amide bonds. The molecule has 1 saturated heterocycles. The Hall–Kier alpha value is -2.02. The molecule has 1 aliphatic rings. The van der Waals surface area contributed by atoms with Crippen LogP contribution in [0.2, 0.25) is 0 Å². The van der Waals surface area contributed by atoms with Crippen LogP contribution in [0.25, 0.3) is 0 Å². The molecule has 146 valence electrons. The fraction of sp³-hybridized carbons (Fsp3) is 0.579. The predicted octanol–water partition coefficient (Wildman–Crippen LogP) is 3.46. The van der Waals surface area contributed by atoms with E-state index in [9.17, 15) is 18.7 Å². The zero-order chi connectivity index (χ0) is 20.1. The lowest BCUT2D eigenvalue weighted by Gasteiger charge is -2.38. The summed E-state index contributed by atoms with van der Waals surface area (Å²) in [6.45, 7) is 11.4. The summed E-state index contributed by atoms with van der Waals surface area (Å²) >= 11 is 0. The predicted molar refractivity (Wildman–Crippen MR) is 98.1 cm³/mol. The first-order chi connectivity index (χ1) is 11.9. The van der Waals surface area contributed by atoms with Gasteiger partial charge in [-0.25, -0.2) is 8.78 Å². The number of carbonyl (C=O) groups is 1. The van der Waals surface area contributed by atoms with Gasteiger partial charge in [0.05, 0.1) is 12.3 Å². The molecule has 1 rings (SSSR count). The van der Waals surface area contributed by atoms with Crippen molar-refractivity contribution in [3.05, 3.63) is 35.8 Å². The quantitative estimate of drug-likeness (QED) is 0.442. The van der Waals surface area contributed by atoms with Crippen LogP contribution in [0.1, 0.15) is 41.0 Å². The van der Waals surface area contributed by atoms with Crippen LogP contribution >= 0.6 is 0 Å². The van der Waals surface area contributed by atoms with Crippen LogP contribution in [0.3, 0.4) is 0 Å². The fourth-order valence-corrected chi connectivity index (χ4v) is 2.52. The molecular formula is C19H28F2N2O3. The van der Waals surface area contributed by atoms with E-state index >= 15 is 0 Å². The SMILES string of the molecule is C=C(C)N=C(C)/C(C)=C/C=C(\C)OC1CCN(C(=O)C(C)O)CC1(F)F. The van der Waals surface area contributed by atoms with Crippen molar-refractivity contribution < 1.29 is 23.4 Å². The third kappa shape index (κ3) is 6.37. The average molecular weight is 370 g/mol. The molecule has 2 unspecified atom stereocenters. The van der Waals surface area contributed by atoms with Gasteiger partial charge >= 0.3 is 5.92 Å². The summed E-state index contributed by atoms with van der Waals surface area (Å²) in [7, 11) is 0. The van der Waals surface area contributed by atoms with E-state index in [0.29, 0.717) is 11.5 Å². The number of piperidine rings is 1. The van der Waals surface area contributed by atoms with E-state index in [1.165, 1.54) is 6.92 Å². The number of rotatable bonds is 6. The van der Waals surface area contributed by atoms with Crippen LogP contribution in [0.15, 0.2) is 40.8 Å². The number of allylic oxidation sites excluding steroid dienone is 5. The maximum Gasteiger partial charge on any atom is 0.301 e. The van der Waals surface area contributed by atoms with Crippen molar-refractivity contribution in [2.75, 3.05) is 13.1 Å². The average Bonchev–Trinajstić information content (AvgIpc) is 2.52. The van der Waals surface area contributed by atoms with Crippen molar-refractivity contribution in [2.45, 2.75) is 59.2 Å². The maximum atomic E-state index is 14.3. The molecule has 0 saturated carbocycles. The van der Waals surface area contributed by atoms with Crippen molar-refractivity contribution in [1.82, 2.24) is 4.90 Å². The van der Waals surface area contributed by atoms with Crippen molar-refractivity contribution in [2.24, 2.45) is 4.99 Å². The summed E-state index contributed by atoms with van der Waals surface area (Å²) in [6, 6.07) is 0. The van der Waals surface area contributed by atoms with Gasteiger partial charge in [-0.2, -0.15) is 0 Å². The molecule has 0 bridgehead atoms. The van der Waals surface area contributed by atoms with Crippen LogP contribution in [0.5, 0.6) is 0 Å². The van der Waals surface area contributed by atoms with Crippen LogP contribution < -0.4 is 0 Å². The number of nitrogens with zero attached hydrogens (tertiary/aromatic N) is 2. The number of aliphatic imine (C=N–C) groups is 1. The van der Waals surface area contributed by atoms with Gasteiger partial charge in [-0.05, 0) is 46.3 Å². The lowest BCUT2D eigenvalue weighted by Crippen LogP contribution is -2.55. The van der Waals surface area contributed by atoms with E-state index in [-0.39, 0.29) is 13.0 Å². The van der Waals surface area contributed by atoms with E-state index in [1.807, 2.05) is 13.8 Å². The van der Waals surface area contributed by atoms with Crippen molar-refractivity contribution >= 4 is 11.6 Å². The molecule has 0 aromatic rings.